The van der Waals surface area contributed by atoms with E-state index in [2.05, 4.69) is 25.9 Å². The van der Waals surface area contributed by atoms with Crippen LogP contribution >= 0.6 is 39.1 Å². The molecule has 0 aliphatic carbocycles. The van der Waals surface area contributed by atoms with E-state index < -0.39 is 0 Å². The summed E-state index contributed by atoms with van der Waals surface area (Å²) in [5, 5.41) is 1.21. The van der Waals surface area contributed by atoms with E-state index >= 15 is 0 Å². The second-order valence-corrected chi connectivity index (χ2v) is 7.23. The van der Waals surface area contributed by atoms with Crippen LogP contribution in [0.15, 0.2) is 39.6 Å². The van der Waals surface area contributed by atoms with Gasteiger partial charge in [0.25, 0.3) is 5.56 Å². The first-order chi connectivity index (χ1) is 12.9. The number of hydrogen-bond donors (Lipinski definition) is 1. The molecule has 3 rings (SSSR count). The van der Waals surface area contributed by atoms with E-state index in [1.54, 1.807) is 37.5 Å². The van der Waals surface area contributed by atoms with E-state index in [9.17, 15) is 4.79 Å². The van der Waals surface area contributed by atoms with Crippen LogP contribution in [0.1, 0.15) is 18.3 Å². The smallest absolute Gasteiger partial charge is 0.259 e. The predicted molar refractivity (Wildman–Crippen MR) is 113 cm³/mol. The van der Waals surface area contributed by atoms with Crippen molar-refractivity contribution in [1.29, 1.82) is 0 Å². The van der Waals surface area contributed by atoms with E-state index in [-0.39, 0.29) is 16.4 Å². The molecule has 0 aliphatic heterocycles. The summed E-state index contributed by atoms with van der Waals surface area (Å²) in [5.74, 6) is 1.43. The highest BCUT2D eigenvalue weighted by Gasteiger charge is 2.12. The molecule has 0 unspecified atom stereocenters. The number of benzene rings is 2. The standard InChI is InChI=1S/C19H15BrCl2N2O3/c1-3-27-16-8-10(6-13(20)17(16)26-2)7-14(22)18-23-15-9-11(21)4-5-12(15)19(25)24-18/h4-9H,3H2,1-2H3,(H,23,24,25)/b14-7-. The molecule has 0 atom stereocenters. The van der Waals surface area contributed by atoms with E-state index in [1.807, 2.05) is 13.0 Å². The van der Waals surface area contributed by atoms with Gasteiger partial charge in [-0.05, 0) is 64.8 Å². The zero-order chi connectivity index (χ0) is 19.6. The zero-order valence-electron chi connectivity index (χ0n) is 14.5. The van der Waals surface area contributed by atoms with Gasteiger partial charge in [0, 0.05) is 5.02 Å². The van der Waals surface area contributed by atoms with E-state index in [0.717, 1.165) is 10.0 Å². The molecule has 2 aromatic carbocycles. The average molecular weight is 470 g/mol. The van der Waals surface area contributed by atoms with Gasteiger partial charge >= 0.3 is 0 Å². The number of aromatic nitrogens is 2. The molecule has 0 spiro atoms. The van der Waals surface area contributed by atoms with Crippen molar-refractivity contribution in [3.8, 4) is 11.5 Å². The first-order valence-electron chi connectivity index (χ1n) is 8.00. The van der Waals surface area contributed by atoms with Crippen LogP contribution in [0, 0.1) is 0 Å². The lowest BCUT2D eigenvalue weighted by Crippen LogP contribution is -2.10. The molecule has 1 heterocycles. The summed E-state index contributed by atoms with van der Waals surface area (Å²) in [6.45, 7) is 2.38. The Morgan fingerprint density at radius 1 is 1.33 bits per heavy atom. The van der Waals surface area contributed by atoms with Crippen molar-refractivity contribution < 1.29 is 9.47 Å². The van der Waals surface area contributed by atoms with Crippen molar-refractivity contribution in [3.05, 3.63) is 61.6 Å². The normalized spacial score (nSPS) is 11.7. The molecule has 1 N–H and O–H groups in total. The van der Waals surface area contributed by atoms with Crippen LogP contribution in [0.5, 0.6) is 11.5 Å². The van der Waals surface area contributed by atoms with Crippen LogP contribution in [0.2, 0.25) is 5.02 Å². The SMILES string of the molecule is CCOc1cc(/C=C(\Cl)c2nc3cc(Cl)ccc3c(=O)[nH]2)cc(Br)c1OC. The number of ether oxygens (including phenoxy) is 2. The molecule has 1 aromatic heterocycles. The van der Waals surface area contributed by atoms with Crippen LogP contribution < -0.4 is 15.0 Å². The molecule has 0 aliphatic rings. The number of hydrogen-bond acceptors (Lipinski definition) is 4. The predicted octanol–water partition coefficient (Wildman–Crippen LogP) is 5.48. The summed E-state index contributed by atoms with van der Waals surface area (Å²) in [5.41, 5.74) is 0.938. The monoisotopic (exact) mass is 468 g/mol. The summed E-state index contributed by atoms with van der Waals surface area (Å²) in [6, 6.07) is 8.52. The maximum absolute atomic E-state index is 12.3. The fourth-order valence-electron chi connectivity index (χ4n) is 2.57. The third-order valence-corrected chi connectivity index (χ3v) is 4.84. The average Bonchev–Trinajstić information content (AvgIpc) is 2.61. The maximum atomic E-state index is 12.3. The number of halogens is 3. The van der Waals surface area contributed by atoms with Crippen LogP contribution in [0.25, 0.3) is 22.0 Å². The Labute approximate surface area is 174 Å². The molecular weight excluding hydrogens is 455 g/mol. The molecular formula is C19H15BrCl2N2O3. The fourth-order valence-corrected chi connectivity index (χ4v) is 3.58. The molecule has 140 valence electrons. The summed E-state index contributed by atoms with van der Waals surface area (Å²) < 4.78 is 11.7. The molecule has 3 aromatic rings. The van der Waals surface area contributed by atoms with Gasteiger partial charge < -0.3 is 14.5 Å². The third-order valence-electron chi connectivity index (χ3n) is 3.72. The van der Waals surface area contributed by atoms with Gasteiger partial charge in [-0.1, -0.05) is 23.2 Å². The van der Waals surface area contributed by atoms with Crippen molar-refractivity contribution in [3.63, 3.8) is 0 Å². The first-order valence-corrected chi connectivity index (χ1v) is 9.55. The summed E-state index contributed by atoms with van der Waals surface area (Å²) in [4.78, 5) is 19.4. The Kier molecular flexibility index (Phi) is 6.09. The Morgan fingerprint density at radius 2 is 2.11 bits per heavy atom. The van der Waals surface area contributed by atoms with Crippen LogP contribution in [-0.2, 0) is 0 Å². The number of aromatic amines is 1. The van der Waals surface area contributed by atoms with Gasteiger partial charge in [-0.3, -0.25) is 4.79 Å². The van der Waals surface area contributed by atoms with Crippen molar-refractivity contribution in [2.45, 2.75) is 6.92 Å². The lowest BCUT2D eigenvalue weighted by atomic mass is 10.1. The minimum atomic E-state index is -0.288. The molecule has 0 saturated heterocycles. The van der Waals surface area contributed by atoms with Gasteiger partial charge in [-0.25, -0.2) is 4.98 Å². The number of nitrogens with one attached hydrogen (secondary N) is 1. The molecule has 0 bridgehead atoms. The van der Waals surface area contributed by atoms with Gasteiger partial charge in [0.1, 0.15) is 0 Å². The molecule has 0 radical (unpaired) electrons. The summed E-state index contributed by atoms with van der Waals surface area (Å²) in [6.07, 6.45) is 1.68. The van der Waals surface area contributed by atoms with Gasteiger partial charge in [-0.15, -0.1) is 0 Å². The van der Waals surface area contributed by atoms with Gasteiger partial charge in [-0.2, -0.15) is 0 Å². The minimum Gasteiger partial charge on any atom is -0.492 e. The van der Waals surface area contributed by atoms with Crippen molar-refractivity contribution in [2.24, 2.45) is 0 Å². The molecule has 0 saturated carbocycles. The van der Waals surface area contributed by atoms with Crippen LogP contribution in [-0.4, -0.2) is 23.7 Å². The van der Waals surface area contributed by atoms with Crippen molar-refractivity contribution in [2.75, 3.05) is 13.7 Å². The maximum Gasteiger partial charge on any atom is 0.259 e. The lowest BCUT2D eigenvalue weighted by molar-refractivity contribution is 0.310. The Balaban J connectivity index is 2.07. The van der Waals surface area contributed by atoms with E-state index in [0.29, 0.717) is 34.0 Å². The number of rotatable bonds is 5. The Bertz CT molecular complexity index is 1100. The van der Waals surface area contributed by atoms with Crippen molar-refractivity contribution >= 4 is 61.1 Å². The van der Waals surface area contributed by atoms with E-state index in [1.165, 1.54) is 0 Å². The van der Waals surface area contributed by atoms with Gasteiger partial charge in [0.2, 0.25) is 0 Å². The topological polar surface area (TPSA) is 64.2 Å². The minimum absolute atomic E-state index is 0.251. The lowest BCUT2D eigenvalue weighted by Gasteiger charge is -2.12. The highest BCUT2D eigenvalue weighted by Crippen LogP contribution is 2.37. The van der Waals surface area contributed by atoms with Crippen molar-refractivity contribution in [1.82, 2.24) is 9.97 Å². The molecule has 5 nitrogen and oxygen atoms in total. The largest absolute Gasteiger partial charge is 0.492 e. The fraction of sp³-hybridized carbons (Fsp3) is 0.158. The zero-order valence-corrected chi connectivity index (χ0v) is 17.6. The summed E-state index contributed by atoms with van der Waals surface area (Å²) >= 11 is 15.9. The van der Waals surface area contributed by atoms with Crippen LogP contribution in [0.4, 0.5) is 0 Å². The quantitative estimate of drug-likeness (QED) is 0.537. The second-order valence-electron chi connectivity index (χ2n) is 5.54. The highest BCUT2D eigenvalue weighted by molar-refractivity contribution is 9.10. The van der Waals surface area contributed by atoms with Crippen LogP contribution in [0.3, 0.4) is 0 Å². The molecule has 0 amide bonds. The molecule has 8 heteroatoms. The molecule has 0 fully saturated rings. The number of H-pyrrole nitrogens is 1. The Morgan fingerprint density at radius 3 is 2.81 bits per heavy atom. The summed E-state index contributed by atoms with van der Waals surface area (Å²) in [7, 11) is 1.57. The molecule has 27 heavy (non-hydrogen) atoms. The Hall–Kier alpha value is -2.02. The van der Waals surface area contributed by atoms with E-state index in [4.69, 9.17) is 32.7 Å². The first kappa shape index (κ1) is 19.7. The number of fused-ring (bicyclic) bond motifs is 1. The van der Waals surface area contributed by atoms with Gasteiger partial charge in [0.15, 0.2) is 17.3 Å². The second kappa shape index (κ2) is 8.33. The van der Waals surface area contributed by atoms with Gasteiger partial charge in [0.05, 0.1) is 34.1 Å². The highest BCUT2D eigenvalue weighted by atomic mass is 79.9. The number of methoxy groups -OCH3 is 1. The third kappa shape index (κ3) is 4.29. The number of nitrogens with zero attached hydrogens (tertiary/aromatic N) is 1.